The van der Waals surface area contributed by atoms with Crippen molar-refractivity contribution >= 4 is 40.1 Å². The van der Waals surface area contributed by atoms with E-state index in [9.17, 15) is 0 Å². The number of hydrogen-bond donors (Lipinski definition) is 0. The summed E-state index contributed by atoms with van der Waals surface area (Å²) < 4.78 is 0. The van der Waals surface area contributed by atoms with Crippen LogP contribution in [0.4, 0.5) is 0 Å². The van der Waals surface area contributed by atoms with Crippen LogP contribution >= 0.6 is 0 Å². The molecule has 0 saturated heterocycles. The summed E-state index contributed by atoms with van der Waals surface area (Å²) in [6.07, 6.45) is 21.2. The highest BCUT2D eigenvalue weighted by atomic mass is 14.2. The Balaban J connectivity index is 0.00000307. The van der Waals surface area contributed by atoms with Crippen LogP contribution in [-0.2, 0) is 0 Å². The maximum atomic E-state index is 4.47. The summed E-state index contributed by atoms with van der Waals surface area (Å²) in [5.41, 5.74) is 13.4. The monoisotopic (exact) mass is 628 g/mol. The fourth-order valence-corrected chi connectivity index (χ4v) is 6.16. The standard InChI is InChI=1S/C46H46.C2H6/c1-10-16-18-23-40(32(7)12-3)35-28-30-36(31-29-35)45-38(14-5)39(15-6)46(44-25-20-19-24-43(44)45)42-27-21-26-41(37(42)13-4)34(9)33(8)22-17-11-2;1-2/h10-11,13-32H,1,4-6,9,12H2,2-3,7-8H3;1-2H3/b17-11-,18-16-,33-22+,40-23+;/t32-;/m1./s1. The summed E-state index contributed by atoms with van der Waals surface area (Å²) in [7, 11) is 0. The summed E-state index contributed by atoms with van der Waals surface area (Å²) in [6.45, 7) is 33.8. The quantitative estimate of drug-likeness (QED) is 0.129. The molecule has 0 aliphatic rings. The Hall–Kier alpha value is -5.20. The van der Waals surface area contributed by atoms with Gasteiger partial charge in [0.2, 0.25) is 0 Å². The van der Waals surface area contributed by atoms with Gasteiger partial charge in [-0.3, -0.25) is 0 Å². The van der Waals surface area contributed by atoms with Crippen molar-refractivity contribution in [3.63, 3.8) is 0 Å². The van der Waals surface area contributed by atoms with Crippen LogP contribution in [0, 0.1) is 5.92 Å². The van der Waals surface area contributed by atoms with Crippen LogP contribution in [0.1, 0.15) is 75.8 Å². The third-order valence-corrected chi connectivity index (χ3v) is 8.80. The average molecular weight is 629 g/mol. The van der Waals surface area contributed by atoms with E-state index in [4.69, 9.17) is 0 Å². The highest BCUT2D eigenvalue weighted by Crippen LogP contribution is 2.45. The van der Waals surface area contributed by atoms with E-state index in [0.717, 1.165) is 67.5 Å². The van der Waals surface area contributed by atoms with E-state index in [1.54, 1.807) is 0 Å². The fourth-order valence-electron chi connectivity index (χ4n) is 6.16. The van der Waals surface area contributed by atoms with Crippen LogP contribution in [0.25, 0.3) is 62.4 Å². The molecule has 0 heterocycles. The molecule has 0 spiro atoms. The molecule has 4 rings (SSSR count). The van der Waals surface area contributed by atoms with Gasteiger partial charge in [-0.25, -0.2) is 0 Å². The Morgan fingerprint density at radius 2 is 1.31 bits per heavy atom. The first-order chi connectivity index (χ1) is 23.4. The Morgan fingerprint density at radius 3 is 1.88 bits per heavy atom. The molecule has 244 valence electrons. The van der Waals surface area contributed by atoms with Gasteiger partial charge in [0.1, 0.15) is 0 Å². The summed E-state index contributed by atoms with van der Waals surface area (Å²) in [6, 6.07) is 24.0. The normalized spacial score (nSPS) is 12.5. The number of rotatable bonds is 13. The lowest BCUT2D eigenvalue weighted by atomic mass is 9.80. The van der Waals surface area contributed by atoms with Crippen molar-refractivity contribution in [1.82, 2.24) is 0 Å². The second-order valence-electron chi connectivity index (χ2n) is 11.5. The average Bonchev–Trinajstić information content (AvgIpc) is 3.14. The maximum absolute atomic E-state index is 4.47. The van der Waals surface area contributed by atoms with Crippen molar-refractivity contribution in [1.29, 1.82) is 0 Å². The minimum absolute atomic E-state index is 0.435. The Morgan fingerprint density at radius 1 is 0.708 bits per heavy atom. The van der Waals surface area contributed by atoms with Gasteiger partial charge in [0.05, 0.1) is 0 Å². The molecule has 0 aliphatic carbocycles. The molecule has 0 heteroatoms. The number of fused-ring (bicyclic) bond motifs is 1. The van der Waals surface area contributed by atoms with Gasteiger partial charge in [-0.15, -0.1) is 0 Å². The van der Waals surface area contributed by atoms with Crippen LogP contribution < -0.4 is 0 Å². The van der Waals surface area contributed by atoms with E-state index in [2.05, 4.69) is 139 Å². The molecule has 0 bridgehead atoms. The van der Waals surface area contributed by atoms with Gasteiger partial charge in [0.15, 0.2) is 0 Å². The summed E-state index contributed by atoms with van der Waals surface area (Å²) in [5, 5.41) is 2.32. The summed E-state index contributed by atoms with van der Waals surface area (Å²) in [5.74, 6) is 0.435. The molecule has 0 saturated carbocycles. The van der Waals surface area contributed by atoms with Gasteiger partial charge in [-0.05, 0) is 104 Å². The molecular formula is C48H52. The van der Waals surface area contributed by atoms with Crippen molar-refractivity contribution < 1.29 is 0 Å². The second kappa shape index (κ2) is 18.2. The zero-order valence-electron chi connectivity index (χ0n) is 29.9. The summed E-state index contributed by atoms with van der Waals surface area (Å²) in [4.78, 5) is 0. The minimum atomic E-state index is 0.435. The predicted molar refractivity (Wildman–Crippen MR) is 221 cm³/mol. The van der Waals surface area contributed by atoms with E-state index < -0.39 is 0 Å². The zero-order chi connectivity index (χ0) is 35.2. The molecule has 0 nitrogen and oxygen atoms in total. The van der Waals surface area contributed by atoms with Crippen molar-refractivity contribution in [2.75, 3.05) is 0 Å². The first kappa shape index (κ1) is 37.3. The molecule has 0 aromatic heterocycles. The second-order valence-corrected chi connectivity index (χ2v) is 11.5. The minimum Gasteiger partial charge on any atom is -0.0991 e. The van der Waals surface area contributed by atoms with Crippen LogP contribution in [0.5, 0.6) is 0 Å². The third-order valence-electron chi connectivity index (χ3n) is 8.80. The molecule has 0 N–H and O–H groups in total. The lowest BCUT2D eigenvalue weighted by Crippen LogP contribution is -2.00. The van der Waals surface area contributed by atoms with Gasteiger partial charge >= 0.3 is 0 Å². The molecule has 0 amide bonds. The number of hydrogen-bond acceptors (Lipinski definition) is 0. The molecular weight excluding hydrogens is 577 g/mol. The Bertz CT molecular complexity index is 1910. The van der Waals surface area contributed by atoms with E-state index in [1.807, 2.05) is 63.3 Å². The highest BCUT2D eigenvalue weighted by molar-refractivity contribution is 6.12. The molecule has 0 fully saturated rings. The van der Waals surface area contributed by atoms with E-state index in [-0.39, 0.29) is 0 Å². The molecule has 4 aromatic rings. The molecule has 0 radical (unpaired) electrons. The molecule has 0 aliphatic heterocycles. The number of benzene rings is 4. The largest absolute Gasteiger partial charge is 0.0991 e. The van der Waals surface area contributed by atoms with Crippen molar-refractivity contribution in [2.45, 2.75) is 48.0 Å². The van der Waals surface area contributed by atoms with Gasteiger partial charge in [-0.1, -0.05) is 188 Å². The van der Waals surface area contributed by atoms with E-state index in [1.165, 1.54) is 16.5 Å². The van der Waals surface area contributed by atoms with Crippen LogP contribution in [0.3, 0.4) is 0 Å². The molecule has 48 heavy (non-hydrogen) atoms. The molecule has 0 unspecified atom stereocenters. The van der Waals surface area contributed by atoms with Crippen LogP contribution in [0.2, 0.25) is 0 Å². The topological polar surface area (TPSA) is 0 Å². The molecule has 1 atom stereocenters. The SMILES string of the molecule is C=C/C=C\C=C(\c1ccc(-c2c(C=C)c(C=C)c(-c3cccc(C(=C)/C(C)=C/C=C\C)c3C=C)c3ccccc23)cc1)[C@H](C)CC.CC. The van der Waals surface area contributed by atoms with Crippen LogP contribution in [0.15, 0.2) is 148 Å². The Labute approximate surface area is 291 Å². The smallest absolute Gasteiger partial charge is 0.00204 e. The maximum Gasteiger partial charge on any atom is -0.00204 e. The first-order valence-electron chi connectivity index (χ1n) is 17.0. The highest BCUT2D eigenvalue weighted by Gasteiger charge is 2.21. The number of allylic oxidation sites excluding steroid dienone is 10. The van der Waals surface area contributed by atoms with Crippen molar-refractivity contribution in [2.24, 2.45) is 5.92 Å². The predicted octanol–water partition coefficient (Wildman–Crippen LogP) is 14.8. The summed E-state index contributed by atoms with van der Waals surface area (Å²) >= 11 is 0. The van der Waals surface area contributed by atoms with Crippen molar-refractivity contribution in [3.8, 4) is 22.3 Å². The zero-order valence-corrected chi connectivity index (χ0v) is 29.9. The van der Waals surface area contributed by atoms with E-state index in [0.29, 0.717) is 5.92 Å². The fraction of sp³-hybridized carbons (Fsp3) is 0.167. The molecule has 4 aromatic carbocycles. The van der Waals surface area contributed by atoms with Crippen LogP contribution in [-0.4, -0.2) is 0 Å². The van der Waals surface area contributed by atoms with Gasteiger partial charge in [0, 0.05) is 0 Å². The van der Waals surface area contributed by atoms with Gasteiger partial charge < -0.3 is 0 Å². The Kier molecular flexibility index (Phi) is 14.1. The van der Waals surface area contributed by atoms with Gasteiger partial charge in [-0.2, -0.15) is 0 Å². The van der Waals surface area contributed by atoms with E-state index >= 15 is 0 Å². The van der Waals surface area contributed by atoms with Gasteiger partial charge in [0.25, 0.3) is 0 Å². The van der Waals surface area contributed by atoms with Crippen molar-refractivity contribution in [3.05, 3.63) is 176 Å². The first-order valence-corrected chi connectivity index (χ1v) is 17.0. The lowest BCUT2D eigenvalue weighted by Gasteiger charge is -2.23. The third kappa shape index (κ3) is 7.84. The lowest BCUT2D eigenvalue weighted by molar-refractivity contribution is 0.718.